The van der Waals surface area contributed by atoms with Gasteiger partial charge in [0.2, 0.25) is 0 Å². The average molecular weight is 288 g/mol. The molecule has 1 aromatic carbocycles. The van der Waals surface area contributed by atoms with Crippen molar-refractivity contribution in [1.29, 1.82) is 0 Å². The lowest BCUT2D eigenvalue weighted by atomic mass is 10.3. The predicted octanol–water partition coefficient (Wildman–Crippen LogP) is 2.45. The zero-order chi connectivity index (χ0) is 11.8. The molecule has 0 spiro atoms. The molecule has 3 nitrogen and oxygen atoms in total. The first-order chi connectivity index (χ1) is 7.72. The predicted molar refractivity (Wildman–Crippen MR) is 69.0 cm³/mol. The molecule has 1 atom stereocenters. The number of hydrogen-bond acceptors (Lipinski definition) is 3. The van der Waals surface area contributed by atoms with Crippen LogP contribution in [0.5, 0.6) is 5.75 Å². The summed E-state index contributed by atoms with van der Waals surface area (Å²) in [6.45, 7) is 4.09. The number of rotatable bonds is 7. The molecule has 90 valence electrons. The van der Waals surface area contributed by atoms with Crippen LogP contribution in [0.2, 0.25) is 0 Å². The highest BCUT2D eigenvalue weighted by atomic mass is 79.9. The lowest BCUT2D eigenvalue weighted by Crippen LogP contribution is -2.25. The van der Waals surface area contributed by atoms with Crippen LogP contribution < -0.4 is 10.1 Å². The Hall–Kier alpha value is -0.580. The second-order valence-corrected chi connectivity index (χ2v) is 4.46. The van der Waals surface area contributed by atoms with Crippen LogP contribution in [0.15, 0.2) is 28.7 Å². The molecule has 0 aliphatic carbocycles. The summed E-state index contributed by atoms with van der Waals surface area (Å²) in [7, 11) is 1.91. The highest BCUT2D eigenvalue weighted by molar-refractivity contribution is 9.10. The summed E-state index contributed by atoms with van der Waals surface area (Å²) in [5.74, 6) is 0.869. The smallest absolute Gasteiger partial charge is 0.119 e. The molecule has 1 rings (SSSR count). The maximum absolute atomic E-state index is 5.53. The van der Waals surface area contributed by atoms with E-state index in [-0.39, 0.29) is 6.10 Å². The standard InChI is InChI=1S/C12H18BrNO2/c1-10(9-14-2)15-7-8-16-12-5-3-11(13)4-6-12/h3-6,10,14H,7-9H2,1-2H3. The van der Waals surface area contributed by atoms with Gasteiger partial charge in [-0.3, -0.25) is 0 Å². The molecule has 4 heteroatoms. The van der Waals surface area contributed by atoms with E-state index in [0.29, 0.717) is 13.2 Å². The second kappa shape index (κ2) is 7.65. The molecule has 0 aromatic heterocycles. The molecular formula is C12H18BrNO2. The summed E-state index contributed by atoms with van der Waals surface area (Å²) in [5.41, 5.74) is 0. The van der Waals surface area contributed by atoms with Gasteiger partial charge in [0.1, 0.15) is 12.4 Å². The first kappa shape index (κ1) is 13.5. The van der Waals surface area contributed by atoms with E-state index in [0.717, 1.165) is 16.8 Å². The molecule has 0 fully saturated rings. The van der Waals surface area contributed by atoms with Crippen LogP contribution in [-0.4, -0.2) is 32.9 Å². The Labute approximate surface area is 105 Å². The van der Waals surface area contributed by atoms with Gasteiger partial charge in [0, 0.05) is 11.0 Å². The van der Waals surface area contributed by atoms with Gasteiger partial charge < -0.3 is 14.8 Å². The Bertz CT molecular complexity index is 290. The molecule has 0 amide bonds. The van der Waals surface area contributed by atoms with Crippen LogP contribution in [0.25, 0.3) is 0 Å². The maximum Gasteiger partial charge on any atom is 0.119 e. The lowest BCUT2D eigenvalue weighted by molar-refractivity contribution is 0.0458. The third-order valence-corrected chi connectivity index (χ3v) is 2.59. The van der Waals surface area contributed by atoms with Gasteiger partial charge in [-0.15, -0.1) is 0 Å². The fraction of sp³-hybridized carbons (Fsp3) is 0.500. The van der Waals surface area contributed by atoms with Crippen LogP contribution in [0, 0.1) is 0 Å². The number of halogens is 1. The Kier molecular flexibility index (Phi) is 6.45. The van der Waals surface area contributed by atoms with Crippen LogP contribution in [0.1, 0.15) is 6.92 Å². The van der Waals surface area contributed by atoms with E-state index < -0.39 is 0 Å². The Morgan fingerprint density at radius 3 is 2.56 bits per heavy atom. The van der Waals surface area contributed by atoms with Gasteiger partial charge in [-0.05, 0) is 38.2 Å². The molecule has 0 saturated heterocycles. The summed E-state index contributed by atoms with van der Waals surface area (Å²) in [6, 6.07) is 7.78. The Morgan fingerprint density at radius 1 is 1.25 bits per heavy atom. The van der Waals surface area contributed by atoms with Gasteiger partial charge in [0.15, 0.2) is 0 Å². The first-order valence-electron chi connectivity index (χ1n) is 5.37. The number of hydrogen-bond donors (Lipinski definition) is 1. The molecule has 16 heavy (non-hydrogen) atoms. The zero-order valence-corrected chi connectivity index (χ0v) is 11.3. The van der Waals surface area contributed by atoms with E-state index >= 15 is 0 Å². The van der Waals surface area contributed by atoms with Crippen molar-refractivity contribution in [2.75, 3.05) is 26.8 Å². The van der Waals surface area contributed by atoms with Crippen LogP contribution in [0.3, 0.4) is 0 Å². The van der Waals surface area contributed by atoms with E-state index in [1.54, 1.807) is 0 Å². The van der Waals surface area contributed by atoms with Crippen molar-refractivity contribution in [3.05, 3.63) is 28.7 Å². The van der Waals surface area contributed by atoms with Gasteiger partial charge in [-0.2, -0.15) is 0 Å². The molecule has 0 aliphatic heterocycles. The van der Waals surface area contributed by atoms with Crippen molar-refractivity contribution < 1.29 is 9.47 Å². The summed E-state index contributed by atoms with van der Waals surface area (Å²) >= 11 is 3.38. The molecular weight excluding hydrogens is 270 g/mol. The molecule has 0 radical (unpaired) electrons. The topological polar surface area (TPSA) is 30.5 Å². The van der Waals surface area contributed by atoms with Crippen molar-refractivity contribution in [2.24, 2.45) is 0 Å². The highest BCUT2D eigenvalue weighted by Gasteiger charge is 2.00. The summed E-state index contributed by atoms with van der Waals surface area (Å²) in [6.07, 6.45) is 0.221. The van der Waals surface area contributed by atoms with Crippen molar-refractivity contribution in [1.82, 2.24) is 5.32 Å². The zero-order valence-electron chi connectivity index (χ0n) is 9.70. The van der Waals surface area contributed by atoms with Gasteiger partial charge in [-0.1, -0.05) is 15.9 Å². The third-order valence-electron chi connectivity index (χ3n) is 2.06. The van der Waals surface area contributed by atoms with Gasteiger partial charge in [0.25, 0.3) is 0 Å². The number of likely N-dealkylation sites (N-methyl/N-ethyl adjacent to an activating group) is 1. The van der Waals surface area contributed by atoms with Crippen molar-refractivity contribution in [3.8, 4) is 5.75 Å². The van der Waals surface area contributed by atoms with Gasteiger partial charge in [-0.25, -0.2) is 0 Å². The minimum atomic E-state index is 0.221. The Morgan fingerprint density at radius 2 is 1.94 bits per heavy atom. The molecule has 0 saturated carbocycles. The number of ether oxygens (including phenoxy) is 2. The maximum atomic E-state index is 5.53. The van der Waals surface area contributed by atoms with Gasteiger partial charge in [0.05, 0.1) is 12.7 Å². The monoisotopic (exact) mass is 287 g/mol. The summed E-state index contributed by atoms with van der Waals surface area (Å²) in [4.78, 5) is 0. The number of nitrogens with one attached hydrogen (secondary N) is 1. The molecule has 1 unspecified atom stereocenters. The van der Waals surface area contributed by atoms with Crippen LogP contribution >= 0.6 is 15.9 Å². The van der Waals surface area contributed by atoms with E-state index in [9.17, 15) is 0 Å². The fourth-order valence-corrected chi connectivity index (χ4v) is 1.55. The summed E-state index contributed by atoms with van der Waals surface area (Å²) in [5, 5.41) is 3.06. The van der Waals surface area contributed by atoms with E-state index in [4.69, 9.17) is 9.47 Å². The molecule has 0 heterocycles. The van der Waals surface area contributed by atoms with Crippen molar-refractivity contribution in [3.63, 3.8) is 0 Å². The first-order valence-corrected chi connectivity index (χ1v) is 6.16. The lowest BCUT2D eigenvalue weighted by Gasteiger charge is -2.12. The molecule has 1 aromatic rings. The van der Waals surface area contributed by atoms with Crippen LogP contribution in [-0.2, 0) is 4.74 Å². The highest BCUT2D eigenvalue weighted by Crippen LogP contribution is 2.15. The second-order valence-electron chi connectivity index (χ2n) is 3.54. The third kappa shape index (κ3) is 5.49. The Balaban J connectivity index is 2.13. The minimum absolute atomic E-state index is 0.221. The normalized spacial score (nSPS) is 12.4. The van der Waals surface area contributed by atoms with E-state index in [1.165, 1.54) is 0 Å². The quantitative estimate of drug-likeness (QED) is 0.782. The van der Waals surface area contributed by atoms with E-state index in [1.807, 2.05) is 38.2 Å². The van der Waals surface area contributed by atoms with E-state index in [2.05, 4.69) is 21.2 Å². The van der Waals surface area contributed by atoms with Crippen LogP contribution in [0.4, 0.5) is 0 Å². The largest absolute Gasteiger partial charge is 0.491 e. The summed E-state index contributed by atoms with van der Waals surface area (Å²) < 4.78 is 12.1. The molecule has 0 aliphatic rings. The van der Waals surface area contributed by atoms with Gasteiger partial charge >= 0.3 is 0 Å². The van der Waals surface area contributed by atoms with Crippen molar-refractivity contribution >= 4 is 15.9 Å². The molecule has 1 N–H and O–H groups in total. The van der Waals surface area contributed by atoms with Crippen molar-refractivity contribution in [2.45, 2.75) is 13.0 Å². The fourth-order valence-electron chi connectivity index (χ4n) is 1.29. The number of benzene rings is 1. The molecule has 0 bridgehead atoms. The SMILES string of the molecule is CNCC(C)OCCOc1ccc(Br)cc1. The minimum Gasteiger partial charge on any atom is -0.491 e. The average Bonchev–Trinajstić information content (AvgIpc) is 2.27.